The number of aryl methyl sites for hydroxylation is 3. The Morgan fingerprint density at radius 1 is 0.889 bits per heavy atom. The van der Waals surface area contributed by atoms with Crippen molar-refractivity contribution in [1.82, 2.24) is 0 Å². The van der Waals surface area contributed by atoms with Crippen LogP contribution in [0.4, 0.5) is 0 Å². The van der Waals surface area contributed by atoms with E-state index in [-0.39, 0.29) is 10.5 Å². The first kappa shape index (κ1) is 28.2. The lowest BCUT2D eigenvalue weighted by molar-refractivity contribution is 0.0702. The van der Waals surface area contributed by atoms with Gasteiger partial charge in [-0.05, 0) is 97.3 Å². The molecule has 0 atom stereocenters. The van der Waals surface area contributed by atoms with Gasteiger partial charge in [0.15, 0.2) is 0 Å². The molecule has 0 saturated heterocycles. The van der Waals surface area contributed by atoms with E-state index in [1.165, 1.54) is 33.6 Å². The van der Waals surface area contributed by atoms with E-state index in [0.29, 0.717) is 4.88 Å². The molecule has 3 nitrogen and oxygen atoms in total. The second-order valence-electron chi connectivity index (χ2n) is 11.6. The first-order valence-electron chi connectivity index (χ1n) is 12.9. The lowest BCUT2D eigenvalue weighted by Crippen LogP contribution is -2.44. The topological polar surface area (TPSA) is 46.5 Å². The molecule has 1 heterocycles. The van der Waals surface area contributed by atoms with Gasteiger partial charge in [0.1, 0.15) is 10.6 Å². The summed E-state index contributed by atoms with van der Waals surface area (Å²) in [5.41, 5.74) is 7.02. The van der Waals surface area contributed by atoms with Crippen LogP contribution in [0.1, 0.15) is 84.9 Å². The summed E-state index contributed by atoms with van der Waals surface area (Å²) < 4.78 is 6.65. The molecule has 0 aliphatic carbocycles. The molecule has 3 aromatic rings. The van der Waals surface area contributed by atoms with Crippen LogP contribution < -0.4 is 4.43 Å². The number of carbonyl (C=O) groups is 1. The highest BCUT2D eigenvalue weighted by Gasteiger charge is 2.39. The molecule has 5 heteroatoms. The van der Waals surface area contributed by atoms with Gasteiger partial charge in [0.25, 0.3) is 0 Å². The van der Waals surface area contributed by atoms with Gasteiger partial charge in [-0.3, -0.25) is 0 Å². The summed E-state index contributed by atoms with van der Waals surface area (Å²) in [5.74, 6) is 0.135. The fraction of sp³-hybridized carbons (Fsp3) is 0.452. The Kier molecular flexibility index (Phi) is 7.97. The number of thiophene rings is 1. The molecule has 36 heavy (non-hydrogen) atoms. The number of carboxylic acids is 1. The summed E-state index contributed by atoms with van der Waals surface area (Å²) in [5, 5.41) is 9.58. The SMILES string of the molecule is CCC(CC)(c1ccc(O[Si](C)(C)C(C)(C)C)c(C)c1)c1ccc(-c2sc(C(=O)O)cc2C)c(C)c1. The van der Waals surface area contributed by atoms with E-state index in [0.717, 1.165) is 34.6 Å². The average molecular weight is 523 g/mol. The summed E-state index contributed by atoms with van der Waals surface area (Å²) in [6.45, 7) is 22.2. The molecular formula is C31H42O3SSi. The zero-order valence-electron chi connectivity index (χ0n) is 23.6. The molecule has 194 valence electrons. The lowest BCUT2D eigenvalue weighted by atomic mass is 9.70. The third-order valence-electron chi connectivity index (χ3n) is 8.26. The van der Waals surface area contributed by atoms with Crippen molar-refractivity contribution in [2.45, 2.75) is 91.8 Å². The van der Waals surface area contributed by atoms with Crippen molar-refractivity contribution in [2.75, 3.05) is 0 Å². The van der Waals surface area contributed by atoms with Crippen molar-refractivity contribution in [2.24, 2.45) is 0 Å². The second-order valence-corrected chi connectivity index (χ2v) is 17.4. The Hall–Kier alpha value is -2.37. The molecule has 1 aromatic heterocycles. The van der Waals surface area contributed by atoms with Crippen LogP contribution in [-0.2, 0) is 5.41 Å². The Morgan fingerprint density at radius 3 is 1.89 bits per heavy atom. The van der Waals surface area contributed by atoms with Crippen molar-refractivity contribution in [3.63, 3.8) is 0 Å². The molecule has 0 bridgehead atoms. The van der Waals surface area contributed by atoms with Gasteiger partial charge >= 0.3 is 5.97 Å². The van der Waals surface area contributed by atoms with Gasteiger partial charge in [0.05, 0.1) is 0 Å². The molecule has 0 unspecified atom stereocenters. The molecule has 0 radical (unpaired) electrons. The van der Waals surface area contributed by atoms with Crippen molar-refractivity contribution < 1.29 is 14.3 Å². The van der Waals surface area contributed by atoms with Gasteiger partial charge in [-0.2, -0.15) is 0 Å². The first-order valence-corrected chi connectivity index (χ1v) is 16.6. The van der Waals surface area contributed by atoms with Gasteiger partial charge in [-0.25, -0.2) is 4.79 Å². The van der Waals surface area contributed by atoms with Crippen LogP contribution in [0, 0.1) is 20.8 Å². The number of hydrogen-bond acceptors (Lipinski definition) is 3. The highest BCUT2D eigenvalue weighted by Crippen LogP contribution is 2.44. The summed E-state index contributed by atoms with van der Waals surface area (Å²) in [6, 6.07) is 15.2. The fourth-order valence-electron chi connectivity index (χ4n) is 4.79. The molecule has 3 rings (SSSR count). The Bertz CT molecular complexity index is 1260. The molecule has 0 fully saturated rings. The van der Waals surface area contributed by atoms with Crippen molar-refractivity contribution >= 4 is 25.6 Å². The summed E-state index contributed by atoms with van der Waals surface area (Å²) in [4.78, 5) is 12.9. The van der Waals surface area contributed by atoms with Crippen LogP contribution >= 0.6 is 11.3 Å². The molecule has 1 N–H and O–H groups in total. The molecule has 0 saturated carbocycles. The molecule has 0 spiro atoms. The maximum absolute atomic E-state index is 11.5. The second kappa shape index (κ2) is 10.2. The van der Waals surface area contributed by atoms with Crippen molar-refractivity contribution in [1.29, 1.82) is 0 Å². The van der Waals surface area contributed by atoms with Crippen LogP contribution in [0.5, 0.6) is 5.75 Å². The largest absolute Gasteiger partial charge is 0.543 e. The van der Waals surface area contributed by atoms with E-state index in [1.54, 1.807) is 6.07 Å². The van der Waals surface area contributed by atoms with E-state index < -0.39 is 14.3 Å². The zero-order valence-corrected chi connectivity index (χ0v) is 25.4. The van der Waals surface area contributed by atoms with Crippen molar-refractivity contribution in [3.05, 3.63) is 75.2 Å². The Balaban J connectivity index is 2.04. The van der Waals surface area contributed by atoms with E-state index in [1.807, 2.05) is 6.92 Å². The fourth-order valence-corrected chi connectivity index (χ4v) is 6.98. The van der Waals surface area contributed by atoms with Crippen molar-refractivity contribution in [3.8, 4) is 16.2 Å². The van der Waals surface area contributed by atoms with Crippen LogP contribution in [-0.4, -0.2) is 19.4 Å². The zero-order chi connectivity index (χ0) is 27.1. The number of hydrogen-bond donors (Lipinski definition) is 1. The number of aromatic carboxylic acids is 1. The van der Waals surface area contributed by atoms with E-state index >= 15 is 0 Å². The van der Waals surface area contributed by atoms with E-state index in [4.69, 9.17) is 4.43 Å². The van der Waals surface area contributed by atoms with Gasteiger partial charge in [0.2, 0.25) is 8.32 Å². The average Bonchev–Trinajstić information content (AvgIpc) is 3.18. The first-order chi connectivity index (χ1) is 16.7. The molecular weight excluding hydrogens is 480 g/mol. The predicted molar refractivity (Wildman–Crippen MR) is 157 cm³/mol. The highest BCUT2D eigenvalue weighted by molar-refractivity contribution is 7.17. The number of benzene rings is 2. The molecule has 0 aliphatic heterocycles. The normalized spacial score (nSPS) is 12.6. The minimum absolute atomic E-state index is 0.0970. The monoisotopic (exact) mass is 522 g/mol. The van der Waals surface area contributed by atoms with Gasteiger partial charge in [-0.15, -0.1) is 11.3 Å². The van der Waals surface area contributed by atoms with Crippen LogP contribution in [0.2, 0.25) is 18.1 Å². The third-order valence-corrected chi connectivity index (χ3v) is 13.9. The Labute approximate surface area is 222 Å². The molecule has 0 aliphatic rings. The standard InChI is InChI=1S/C31H42O3SSi/c1-11-31(12-2,24-14-16-26(21(4)18-24)34-36(9,10)30(6,7)8)23-13-15-25(20(3)17-23)28-22(5)19-27(35-28)29(32)33/h13-19H,11-12H2,1-10H3,(H,32,33). The predicted octanol–water partition coefficient (Wildman–Crippen LogP) is 9.53. The van der Waals surface area contributed by atoms with Gasteiger partial charge < -0.3 is 9.53 Å². The Morgan fingerprint density at radius 2 is 1.44 bits per heavy atom. The van der Waals surface area contributed by atoms with Crippen LogP contribution in [0.3, 0.4) is 0 Å². The van der Waals surface area contributed by atoms with E-state index in [2.05, 4.69) is 98.0 Å². The van der Waals surface area contributed by atoms with Crippen LogP contribution in [0.25, 0.3) is 10.4 Å². The minimum atomic E-state index is -1.91. The molecule has 2 aromatic carbocycles. The van der Waals surface area contributed by atoms with E-state index in [9.17, 15) is 9.90 Å². The number of carboxylic acid groups (broad SMARTS) is 1. The highest BCUT2D eigenvalue weighted by atomic mass is 32.1. The third kappa shape index (κ3) is 5.19. The van der Waals surface area contributed by atoms with Gasteiger partial charge in [0, 0.05) is 10.3 Å². The van der Waals surface area contributed by atoms with Crippen LogP contribution in [0.15, 0.2) is 42.5 Å². The smallest absolute Gasteiger partial charge is 0.345 e. The maximum atomic E-state index is 11.5. The summed E-state index contributed by atoms with van der Waals surface area (Å²) in [7, 11) is -1.91. The molecule has 0 amide bonds. The quantitative estimate of drug-likeness (QED) is 0.300. The minimum Gasteiger partial charge on any atom is -0.543 e. The van der Waals surface area contributed by atoms with Gasteiger partial charge in [-0.1, -0.05) is 65.0 Å². The maximum Gasteiger partial charge on any atom is 0.345 e. The lowest BCUT2D eigenvalue weighted by Gasteiger charge is -2.38. The summed E-state index contributed by atoms with van der Waals surface area (Å²) in [6.07, 6.45) is 1.98. The summed E-state index contributed by atoms with van der Waals surface area (Å²) >= 11 is 1.36. The number of rotatable bonds is 8.